The number of hydrogen-bond acceptors (Lipinski definition) is 5. The van der Waals surface area contributed by atoms with Gasteiger partial charge in [0.2, 0.25) is 5.60 Å². The number of thiophene rings is 2. The summed E-state index contributed by atoms with van der Waals surface area (Å²) in [7, 11) is 0. The summed E-state index contributed by atoms with van der Waals surface area (Å²) < 4.78 is 6.95. The molecule has 3 saturated heterocycles. The van der Waals surface area contributed by atoms with Crippen LogP contribution in [0.4, 0.5) is 0 Å². The van der Waals surface area contributed by atoms with Crippen LogP contribution in [-0.4, -0.2) is 54.3 Å². The summed E-state index contributed by atoms with van der Waals surface area (Å²) in [4.78, 5) is 14.9. The zero-order valence-electron chi connectivity index (χ0n) is 18.7. The molecule has 33 heavy (non-hydrogen) atoms. The van der Waals surface area contributed by atoms with Crippen LogP contribution >= 0.6 is 22.7 Å². The van der Waals surface area contributed by atoms with Crippen molar-refractivity contribution in [2.45, 2.75) is 30.9 Å². The lowest BCUT2D eigenvalue weighted by Crippen LogP contribution is -2.68. The van der Waals surface area contributed by atoms with E-state index < -0.39 is 5.60 Å². The zero-order chi connectivity index (χ0) is 22.7. The molecule has 0 aliphatic carbocycles. The lowest BCUT2D eigenvalue weighted by Gasteiger charge is -2.53. The van der Waals surface area contributed by atoms with Gasteiger partial charge in [-0.25, -0.2) is 0 Å². The van der Waals surface area contributed by atoms with Crippen LogP contribution in [0.15, 0.2) is 65.4 Å². The van der Waals surface area contributed by atoms with Crippen LogP contribution in [0.5, 0.6) is 5.75 Å². The number of hydrogen-bond donors (Lipinski definition) is 2. The number of carbonyl (C=O) groups is 1. The summed E-state index contributed by atoms with van der Waals surface area (Å²) in [5.41, 5.74) is -1.62. The lowest BCUT2D eigenvalue weighted by molar-refractivity contribution is -0.944. The normalized spacial score (nSPS) is 24.5. The molecule has 1 atom stereocenters. The average Bonchev–Trinajstić information content (AvgIpc) is 3.58. The minimum atomic E-state index is -1.62. The van der Waals surface area contributed by atoms with E-state index in [2.05, 4.69) is 5.32 Å². The monoisotopic (exact) mass is 483 g/mol. The second kappa shape index (κ2) is 9.58. The van der Waals surface area contributed by atoms with E-state index in [4.69, 9.17) is 4.74 Å². The van der Waals surface area contributed by atoms with Crippen molar-refractivity contribution < 1.29 is 19.1 Å². The van der Waals surface area contributed by atoms with Crippen molar-refractivity contribution in [3.05, 3.63) is 75.1 Å². The Hall–Kier alpha value is -2.19. The predicted octanol–water partition coefficient (Wildman–Crippen LogP) is 4.24. The van der Waals surface area contributed by atoms with E-state index in [0.29, 0.717) is 22.3 Å². The molecular formula is C26H31N2O3S2+. The molecule has 0 saturated carbocycles. The van der Waals surface area contributed by atoms with Crippen LogP contribution in [0.25, 0.3) is 0 Å². The smallest absolute Gasteiger partial charge is 0.263 e. The maximum absolute atomic E-state index is 13.6. The summed E-state index contributed by atoms with van der Waals surface area (Å²) in [6, 6.07) is 17.5. The van der Waals surface area contributed by atoms with Gasteiger partial charge in [0.05, 0.1) is 48.6 Å². The predicted molar refractivity (Wildman–Crippen MR) is 133 cm³/mol. The first kappa shape index (κ1) is 22.6. The maximum Gasteiger partial charge on any atom is 0.263 e. The number of ether oxygens (including phenoxy) is 1. The molecule has 6 rings (SSSR count). The first-order chi connectivity index (χ1) is 16.1. The topological polar surface area (TPSA) is 58.6 Å². The van der Waals surface area contributed by atoms with Crippen LogP contribution in [-0.2, 0) is 10.4 Å². The number of aliphatic hydroxyl groups is 1. The molecule has 174 valence electrons. The molecule has 2 N–H and O–H groups in total. The first-order valence-corrected chi connectivity index (χ1v) is 13.5. The van der Waals surface area contributed by atoms with Gasteiger partial charge in [0, 0.05) is 19.3 Å². The molecule has 3 fully saturated rings. The van der Waals surface area contributed by atoms with E-state index in [1.807, 2.05) is 65.4 Å². The largest absolute Gasteiger partial charge is 0.493 e. The van der Waals surface area contributed by atoms with Gasteiger partial charge in [0.1, 0.15) is 5.75 Å². The summed E-state index contributed by atoms with van der Waals surface area (Å²) in [5.74, 6) is 1.11. The van der Waals surface area contributed by atoms with Crippen LogP contribution in [0, 0.1) is 5.92 Å². The minimum Gasteiger partial charge on any atom is -0.493 e. The number of quaternary nitrogens is 1. The SMILES string of the molecule is O=C(N[C@@H]1C[N+]2(CCCOc3ccccc3)CCC1CC2)C(O)(c1cccs1)c1cccs1. The summed E-state index contributed by atoms with van der Waals surface area (Å²) >= 11 is 2.85. The molecule has 5 heterocycles. The van der Waals surface area contributed by atoms with Crippen LogP contribution < -0.4 is 10.1 Å². The standard InChI is InChI=1S/C26H30N2O3S2/c29-25(26(30,23-9-4-17-32-23)24-10-5-18-33-24)27-22-19-28(14-11-20(22)12-15-28)13-6-16-31-21-7-2-1-3-8-21/h1-5,7-10,17-18,20,22,30H,6,11-16,19H2/p+1/t20?,22-,28?/m1/s1. The Labute approximate surface area is 203 Å². The van der Waals surface area contributed by atoms with Crippen LogP contribution in [0.1, 0.15) is 29.0 Å². The molecule has 3 aliphatic rings. The second-order valence-corrected chi connectivity index (χ2v) is 11.2. The van der Waals surface area contributed by atoms with Crippen LogP contribution in [0.2, 0.25) is 0 Å². The van der Waals surface area contributed by atoms with Crippen molar-refractivity contribution in [3.8, 4) is 5.75 Å². The first-order valence-electron chi connectivity index (χ1n) is 11.7. The molecule has 3 aromatic rings. The Kier molecular flexibility index (Phi) is 6.56. The van der Waals surface area contributed by atoms with Gasteiger partial charge in [0.15, 0.2) is 0 Å². The van der Waals surface area contributed by atoms with Crippen molar-refractivity contribution in [1.29, 1.82) is 0 Å². The highest BCUT2D eigenvalue weighted by molar-refractivity contribution is 7.12. The Morgan fingerprint density at radius 1 is 1.03 bits per heavy atom. The Balaban J connectivity index is 1.24. The highest BCUT2D eigenvalue weighted by Gasteiger charge is 2.49. The number of para-hydroxylation sites is 1. The number of fused-ring (bicyclic) bond motifs is 3. The number of carbonyl (C=O) groups excluding carboxylic acids is 1. The minimum absolute atomic E-state index is 0.0986. The van der Waals surface area contributed by atoms with Crippen molar-refractivity contribution in [2.24, 2.45) is 5.92 Å². The molecule has 3 aliphatic heterocycles. The molecular weight excluding hydrogens is 452 g/mol. The molecule has 2 aromatic heterocycles. The molecule has 7 heteroatoms. The van der Waals surface area contributed by atoms with E-state index in [1.54, 1.807) is 0 Å². The van der Waals surface area contributed by atoms with Gasteiger partial charge in [-0.15, -0.1) is 22.7 Å². The van der Waals surface area contributed by atoms with Gasteiger partial charge in [-0.2, -0.15) is 0 Å². The van der Waals surface area contributed by atoms with Crippen molar-refractivity contribution in [1.82, 2.24) is 5.32 Å². The summed E-state index contributed by atoms with van der Waals surface area (Å²) in [5, 5.41) is 18.7. The van der Waals surface area contributed by atoms with Gasteiger partial charge in [0.25, 0.3) is 5.91 Å². The van der Waals surface area contributed by atoms with E-state index in [1.165, 1.54) is 35.8 Å². The third-order valence-corrected chi connectivity index (χ3v) is 9.25. The number of nitrogens with zero attached hydrogens (tertiary/aromatic N) is 1. The average molecular weight is 484 g/mol. The number of benzene rings is 1. The Bertz CT molecular complexity index is 995. The fourth-order valence-electron chi connectivity index (χ4n) is 5.46. The Morgan fingerprint density at radius 3 is 2.30 bits per heavy atom. The third kappa shape index (κ3) is 4.60. The molecule has 1 aromatic carbocycles. The molecule has 0 unspecified atom stereocenters. The maximum atomic E-state index is 13.6. The number of piperidine rings is 3. The van der Waals surface area contributed by atoms with E-state index in [-0.39, 0.29) is 11.9 Å². The Morgan fingerprint density at radius 2 is 1.70 bits per heavy atom. The van der Waals surface area contributed by atoms with E-state index in [0.717, 1.165) is 42.6 Å². The quantitative estimate of drug-likeness (QED) is 0.354. The zero-order valence-corrected chi connectivity index (χ0v) is 20.3. The van der Waals surface area contributed by atoms with Crippen molar-refractivity contribution in [2.75, 3.05) is 32.8 Å². The molecule has 0 spiro atoms. The fourth-order valence-corrected chi connectivity index (χ4v) is 7.19. The van der Waals surface area contributed by atoms with Gasteiger partial charge in [-0.1, -0.05) is 30.3 Å². The number of rotatable bonds is 9. The number of amides is 1. The molecule has 5 nitrogen and oxygen atoms in total. The number of nitrogens with one attached hydrogen (secondary N) is 1. The fraction of sp³-hybridized carbons (Fsp3) is 0.423. The van der Waals surface area contributed by atoms with Crippen molar-refractivity contribution >= 4 is 28.6 Å². The van der Waals surface area contributed by atoms with E-state index >= 15 is 0 Å². The third-order valence-electron chi connectivity index (χ3n) is 7.29. The lowest BCUT2D eigenvalue weighted by atomic mass is 9.81. The molecule has 1 amide bonds. The van der Waals surface area contributed by atoms with Crippen LogP contribution in [0.3, 0.4) is 0 Å². The highest BCUT2D eigenvalue weighted by atomic mass is 32.1. The van der Waals surface area contributed by atoms with Gasteiger partial charge in [-0.05, 0) is 40.9 Å². The van der Waals surface area contributed by atoms with Gasteiger partial charge >= 0.3 is 0 Å². The van der Waals surface area contributed by atoms with Gasteiger partial charge in [-0.3, -0.25) is 4.79 Å². The molecule has 0 radical (unpaired) electrons. The van der Waals surface area contributed by atoms with Gasteiger partial charge < -0.3 is 19.6 Å². The van der Waals surface area contributed by atoms with E-state index in [9.17, 15) is 9.90 Å². The highest BCUT2D eigenvalue weighted by Crippen LogP contribution is 2.38. The molecule has 2 bridgehead atoms. The summed E-state index contributed by atoms with van der Waals surface area (Å²) in [6.45, 7) is 5.05. The van der Waals surface area contributed by atoms with Crippen molar-refractivity contribution in [3.63, 3.8) is 0 Å². The summed E-state index contributed by atoms with van der Waals surface area (Å²) in [6.07, 6.45) is 3.25. The second-order valence-electron chi connectivity index (χ2n) is 9.29.